The monoisotopic (exact) mass is 210 g/mol. The standard InChI is InChI=1S/C10H18N4O/c1-8(11)9-6-12-7-14(9)5-4-10(15)13(2)3/h6-8H,4-5,11H2,1-3H3. The van der Waals surface area contributed by atoms with Crippen LogP contribution in [0.1, 0.15) is 25.1 Å². The quantitative estimate of drug-likeness (QED) is 0.781. The predicted octanol–water partition coefficient (Wildman–Crippen LogP) is 0.381. The van der Waals surface area contributed by atoms with Gasteiger partial charge >= 0.3 is 0 Å². The van der Waals surface area contributed by atoms with E-state index in [9.17, 15) is 4.79 Å². The Morgan fingerprint density at radius 2 is 2.33 bits per heavy atom. The number of nitrogens with two attached hydrogens (primary N) is 1. The zero-order valence-electron chi connectivity index (χ0n) is 9.47. The van der Waals surface area contributed by atoms with Crippen LogP contribution in [0, 0.1) is 0 Å². The van der Waals surface area contributed by atoms with E-state index < -0.39 is 0 Å². The van der Waals surface area contributed by atoms with Gasteiger partial charge in [0.1, 0.15) is 0 Å². The minimum Gasteiger partial charge on any atom is -0.349 e. The van der Waals surface area contributed by atoms with Crippen molar-refractivity contribution in [3.8, 4) is 0 Å². The lowest BCUT2D eigenvalue weighted by molar-refractivity contribution is -0.128. The maximum Gasteiger partial charge on any atom is 0.223 e. The van der Waals surface area contributed by atoms with Crippen LogP contribution in [-0.2, 0) is 11.3 Å². The number of hydrogen-bond donors (Lipinski definition) is 1. The Morgan fingerprint density at radius 3 is 2.87 bits per heavy atom. The summed E-state index contributed by atoms with van der Waals surface area (Å²) in [6.07, 6.45) is 3.93. The van der Waals surface area contributed by atoms with Gasteiger partial charge in [0.15, 0.2) is 0 Å². The molecule has 5 heteroatoms. The summed E-state index contributed by atoms with van der Waals surface area (Å²) < 4.78 is 1.92. The maximum absolute atomic E-state index is 11.4. The number of carbonyl (C=O) groups excluding carboxylic acids is 1. The molecule has 1 aromatic rings. The molecule has 0 aliphatic heterocycles. The normalized spacial score (nSPS) is 12.5. The number of hydrogen-bond acceptors (Lipinski definition) is 3. The molecule has 0 saturated carbocycles. The van der Waals surface area contributed by atoms with Crippen molar-refractivity contribution in [2.45, 2.75) is 25.9 Å². The molecule has 0 saturated heterocycles. The first-order valence-electron chi connectivity index (χ1n) is 4.98. The fourth-order valence-corrected chi connectivity index (χ4v) is 1.34. The smallest absolute Gasteiger partial charge is 0.223 e. The van der Waals surface area contributed by atoms with Gasteiger partial charge < -0.3 is 15.2 Å². The first-order valence-corrected chi connectivity index (χ1v) is 4.98. The summed E-state index contributed by atoms with van der Waals surface area (Å²) in [5, 5.41) is 0. The molecule has 2 N–H and O–H groups in total. The fraction of sp³-hybridized carbons (Fsp3) is 0.600. The summed E-state index contributed by atoms with van der Waals surface area (Å²) in [7, 11) is 3.51. The number of imidazole rings is 1. The molecule has 0 aliphatic carbocycles. The van der Waals surface area contributed by atoms with Gasteiger partial charge in [0.2, 0.25) is 5.91 Å². The van der Waals surface area contributed by atoms with Crippen molar-refractivity contribution >= 4 is 5.91 Å². The highest BCUT2D eigenvalue weighted by Gasteiger charge is 2.09. The van der Waals surface area contributed by atoms with Crippen molar-refractivity contribution in [3.63, 3.8) is 0 Å². The summed E-state index contributed by atoms with van der Waals surface area (Å²) in [5.74, 6) is 0.110. The molecule has 0 aromatic carbocycles. The van der Waals surface area contributed by atoms with Crippen LogP contribution in [0.15, 0.2) is 12.5 Å². The largest absolute Gasteiger partial charge is 0.349 e. The number of rotatable bonds is 4. The first kappa shape index (κ1) is 11.7. The Morgan fingerprint density at radius 1 is 1.67 bits per heavy atom. The van der Waals surface area contributed by atoms with Gasteiger partial charge in [-0.2, -0.15) is 0 Å². The van der Waals surface area contributed by atoms with Gasteiger partial charge in [0, 0.05) is 39.3 Å². The highest BCUT2D eigenvalue weighted by atomic mass is 16.2. The van der Waals surface area contributed by atoms with E-state index in [2.05, 4.69) is 4.98 Å². The predicted molar refractivity (Wildman–Crippen MR) is 58.1 cm³/mol. The van der Waals surface area contributed by atoms with Crippen LogP contribution in [0.25, 0.3) is 0 Å². The van der Waals surface area contributed by atoms with Gasteiger partial charge in [-0.3, -0.25) is 4.79 Å². The minimum atomic E-state index is -0.0537. The molecule has 0 aliphatic rings. The van der Waals surface area contributed by atoms with Crippen molar-refractivity contribution < 1.29 is 4.79 Å². The van der Waals surface area contributed by atoms with Crippen LogP contribution in [0.5, 0.6) is 0 Å². The molecule has 1 heterocycles. The Balaban J connectivity index is 2.58. The molecule has 0 bridgehead atoms. The Labute approximate surface area is 89.9 Å². The van der Waals surface area contributed by atoms with Crippen LogP contribution in [-0.4, -0.2) is 34.5 Å². The number of carbonyl (C=O) groups is 1. The Hall–Kier alpha value is -1.36. The molecule has 1 unspecified atom stereocenters. The van der Waals surface area contributed by atoms with Gasteiger partial charge in [-0.1, -0.05) is 0 Å². The minimum absolute atomic E-state index is 0.0537. The summed E-state index contributed by atoms with van der Waals surface area (Å²) in [6, 6.07) is -0.0537. The van der Waals surface area contributed by atoms with Gasteiger partial charge in [0.05, 0.1) is 12.0 Å². The lowest BCUT2D eigenvalue weighted by Crippen LogP contribution is -2.23. The van der Waals surface area contributed by atoms with E-state index in [1.807, 2.05) is 11.5 Å². The van der Waals surface area contributed by atoms with Gasteiger partial charge in [-0.25, -0.2) is 4.98 Å². The van der Waals surface area contributed by atoms with Gasteiger partial charge in [-0.05, 0) is 6.92 Å². The maximum atomic E-state index is 11.4. The van der Waals surface area contributed by atoms with E-state index in [1.165, 1.54) is 0 Å². The molecule has 84 valence electrons. The lowest BCUT2D eigenvalue weighted by Gasteiger charge is -2.13. The second kappa shape index (κ2) is 4.93. The molecule has 15 heavy (non-hydrogen) atoms. The van der Waals surface area contributed by atoms with Crippen molar-refractivity contribution in [2.75, 3.05) is 14.1 Å². The molecule has 0 fully saturated rings. The second-order valence-electron chi connectivity index (χ2n) is 3.84. The van der Waals surface area contributed by atoms with Crippen LogP contribution < -0.4 is 5.73 Å². The fourth-order valence-electron chi connectivity index (χ4n) is 1.34. The van der Waals surface area contributed by atoms with Crippen molar-refractivity contribution in [2.24, 2.45) is 5.73 Å². The van der Waals surface area contributed by atoms with Gasteiger partial charge in [-0.15, -0.1) is 0 Å². The average Bonchev–Trinajstić information content (AvgIpc) is 2.61. The van der Waals surface area contributed by atoms with Crippen LogP contribution in [0.4, 0.5) is 0 Å². The van der Waals surface area contributed by atoms with E-state index in [0.717, 1.165) is 5.69 Å². The van der Waals surface area contributed by atoms with E-state index in [1.54, 1.807) is 31.5 Å². The molecule has 1 aromatic heterocycles. The van der Waals surface area contributed by atoms with Crippen molar-refractivity contribution in [3.05, 3.63) is 18.2 Å². The molecule has 1 amide bonds. The number of nitrogens with zero attached hydrogens (tertiary/aromatic N) is 3. The average molecular weight is 210 g/mol. The topological polar surface area (TPSA) is 64.1 Å². The molecular formula is C10H18N4O. The Bertz CT molecular complexity index is 330. The van der Waals surface area contributed by atoms with Crippen LogP contribution >= 0.6 is 0 Å². The summed E-state index contributed by atoms with van der Waals surface area (Å²) in [5.41, 5.74) is 6.73. The Kier molecular flexibility index (Phi) is 3.85. The van der Waals surface area contributed by atoms with Crippen LogP contribution in [0.3, 0.4) is 0 Å². The van der Waals surface area contributed by atoms with Gasteiger partial charge in [0.25, 0.3) is 0 Å². The molecule has 0 spiro atoms. The highest BCUT2D eigenvalue weighted by molar-refractivity contribution is 5.75. The third-order valence-electron chi connectivity index (χ3n) is 2.28. The molecule has 0 radical (unpaired) electrons. The van der Waals surface area contributed by atoms with E-state index in [0.29, 0.717) is 13.0 Å². The van der Waals surface area contributed by atoms with Crippen LogP contribution in [0.2, 0.25) is 0 Å². The van der Waals surface area contributed by atoms with E-state index >= 15 is 0 Å². The lowest BCUT2D eigenvalue weighted by atomic mass is 10.2. The third kappa shape index (κ3) is 3.06. The van der Waals surface area contributed by atoms with E-state index in [4.69, 9.17) is 5.73 Å². The second-order valence-corrected chi connectivity index (χ2v) is 3.84. The number of amides is 1. The summed E-state index contributed by atoms with van der Waals surface area (Å²) >= 11 is 0. The highest BCUT2D eigenvalue weighted by Crippen LogP contribution is 2.09. The molecule has 1 rings (SSSR count). The SMILES string of the molecule is CC(N)c1cncn1CCC(=O)N(C)C. The van der Waals surface area contributed by atoms with Crippen molar-refractivity contribution in [1.82, 2.24) is 14.5 Å². The number of aryl methyl sites for hydroxylation is 1. The molecule has 1 atom stereocenters. The third-order valence-corrected chi connectivity index (χ3v) is 2.28. The zero-order chi connectivity index (χ0) is 11.4. The summed E-state index contributed by atoms with van der Waals surface area (Å²) in [4.78, 5) is 17.0. The zero-order valence-corrected chi connectivity index (χ0v) is 9.47. The summed E-state index contributed by atoms with van der Waals surface area (Å²) in [6.45, 7) is 2.54. The first-order chi connectivity index (χ1) is 7.02. The molecule has 5 nitrogen and oxygen atoms in total. The van der Waals surface area contributed by atoms with Crippen molar-refractivity contribution in [1.29, 1.82) is 0 Å². The molecular weight excluding hydrogens is 192 g/mol. The van der Waals surface area contributed by atoms with E-state index in [-0.39, 0.29) is 11.9 Å². The number of aromatic nitrogens is 2.